The first-order chi connectivity index (χ1) is 9.98. The smallest absolute Gasteiger partial charge is 0.401 e. The molecule has 1 aromatic rings. The minimum atomic E-state index is -4.31. The molecule has 7 heteroatoms. The van der Waals surface area contributed by atoms with Gasteiger partial charge in [0.25, 0.3) is 0 Å². The molecule has 0 bridgehead atoms. The number of carbonyl (C=O) groups is 1. The Hall–Kier alpha value is -1.63. The first kappa shape index (κ1) is 18.4. The normalized spacial score (nSPS) is 12.3. The largest absolute Gasteiger partial charge is 0.456 e. The number of hydrogen-bond acceptors (Lipinski definition) is 3. The molecule has 1 aromatic carbocycles. The van der Waals surface area contributed by atoms with Crippen LogP contribution in [0.1, 0.15) is 36.7 Å². The van der Waals surface area contributed by atoms with E-state index in [9.17, 15) is 22.4 Å². The van der Waals surface area contributed by atoms with Crippen molar-refractivity contribution in [3.05, 3.63) is 35.1 Å². The highest BCUT2D eigenvalue weighted by atomic mass is 19.4. The Kier molecular flexibility index (Phi) is 5.93. The Labute approximate surface area is 126 Å². The highest BCUT2D eigenvalue weighted by molar-refractivity contribution is 5.89. The van der Waals surface area contributed by atoms with Crippen molar-refractivity contribution in [2.75, 3.05) is 13.1 Å². The molecule has 0 aromatic heterocycles. The van der Waals surface area contributed by atoms with E-state index in [4.69, 9.17) is 4.74 Å². The highest BCUT2D eigenvalue weighted by Crippen LogP contribution is 2.16. The van der Waals surface area contributed by atoms with Crippen molar-refractivity contribution in [2.24, 2.45) is 0 Å². The molecule has 0 fully saturated rings. The van der Waals surface area contributed by atoms with Gasteiger partial charge in [0.2, 0.25) is 0 Å². The van der Waals surface area contributed by atoms with Crippen molar-refractivity contribution < 1.29 is 27.1 Å². The van der Waals surface area contributed by atoms with E-state index in [1.165, 1.54) is 12.1 Å². The maximum atomic E-state index is 13.6. The summed E-state index contributed by atoms with van der Waals surface area (Å²) in [7, 11) is 0. The molecule has 0 heterocycles. The number of alkyl halides is 3. The fourth-order valence-corrected chi connectivity index (χ4v) is 1.68. The quantitative estimate of drug-likeness (QED) is 0.513. The predicted molar refractivity (Wildman–Crippen MR) is 74.2 cm³/mol. The van der Waals surface area contributed by atoms with Crippen LogP contribution in [0.25, 0.3) is 0 Å². The van der Waals surface area contributed by atoms with Gasteiger partial charge in [-0.25, -0.2) is 9.18 Å². The van der Waals surface area contributed by atoms with Crippen LogP contribution in [0.2, 0.25) is 0 Å². The average molecular weight is 321 g/mol. The van der Waals surface area contributed by atoms with Crippen LogP contribution in [0.3, 0.4) is 0 Å². The Morgan fingerprint density at radius 3 is 2.41 bits per heavy atom. The molecule has 1 rings (SSSR count). The molecular weight excluding hydrogens is 302 g/mol. The third-order valence-electron chi connectivity index (χ3n) is 2.58. The number of esters is 1. The number of ether oxygens (including phenoxy) is 1. The van der Waals surface area contributed by atoms with Crippen molar-refractivity contribution in [3.8, 4) is 0 Å². The van der Waals surface area contributed by atoms with Crippen LogP contribution in [-0.4, -0.2) is 30.8 Å². The van der Waals surface area contributed by atoms with Gasteiger partial charge in [0.05, 0.1) is 12.1 Å². The Morgan fingerprint density at radius 2 is 1.86 bits per heavy atom. The van der Waals surface area contributed by atoms with Gasteiger partial charge in [0.1, 0.15) is 11.4 Å². The first-order valence-corrected chi connectivity index (χ1v) is 6.77. The average Bonchev–Trinajstić information content (AvgIpc) is 2.33. The molecule has 3 nitrogen and oxygen atoms in total. The topological polar surface area (TPSA) is 38.3 Å². The maximum absolute atomic E-state index is 13.6. The lowest BCUT2D eigenvalue weighted by Gasteiger charge is -2.19. The zero-order valence-electron chi connectivity index (χ0n) is 12.7. The number of rotatable bonds is 5. The summed E-state index contributed by atoms with van der Waals surface area (Å²) in [6.45, 7) is 3.93. The molecule has 124 valence electrons. The molecule has 0 aliphatic rings. The molecular formula is C15H19F4NO2. The molecule has 0 spiro atoms. The lowest BCUT2D eigenvalue weighted by molar-refractivity contribution is -0.124. The van der Waals surface area contributed by atoms with E-state index in [0.717, 1.165) is 6.07 Å². The summed E-state index contributed by atoms with van der Waals surface area (Å²) in [6, 6.07) is 3.70. The number of nitrogens with one attached hydrogen (secondary N) is 1. The summed E-state index contributed by atoms with van der Waals surface area (Å²) in [5.74, 6) is -1.17. The van der Waals surface area contributed by atoms with E-state index in [0.29, 0.717) is 0 Å². The third-order valence-corrected chi connectivity index (χ3v) is 2.58. The monoisotopic (exact) mass is 321 g/mol. The predicted octanol–water partition coefficient (Wildman–Crippen LogP) is 3.48. The van der Waals surface area contributed by atoms with E-state index in [1.54, 1.807) is 20.8 Å². The lowest BCUT2D eigenvalue weighted by Crippen LogP contribution is -2.30. The van der Waals surface area contributed by atoms with E-state index < -0.39 is 30.1 Å². The summed E-state index contributed by atoms with van der Waals surface area (Å²) < 4.78 is 54.8. The van der Waals surface area contributed by atoms with Gasteiger partial charge in [-0.1, -0.05) is 0 Å². The molecule has 0 aliphatic carbocycles. The van der Waals surface area contributed by atoms with Crippen LogP contribution in [-0.2, 0) is 11.2 Å². The number of hydrogen-bond donors (Lipinski definition) is 1. The Balaban J connectivity index is 2.68. The summed E-state index contributed by atoms with van der Waals surface area (Å²) in [5.41, 5.74) is -0.347. The molecule has 0 saturated carbocycles. The zero-order chi connectivity index (χ0) is 17.0. The van der Waals surface area contributed by atoms with E-state index in [-0.39, 0.29) is 24.1 Å². The fraction of sp³-hybridized carbons (Fsp3) is 0.533. The van der Waals surface area contributed by atoms with Crippen molar-refractivity contribution in [3.63, 3.8) is 0 Å². The number of halogens is 4. The van der Waals surface area contributed by atoms with Gasteiger partial charge < -0.3 is 10.1 Å². The molecule has 22 heavy (non-hydrogen) atoms. The Bertz CT molecular complexity index is 521. The lowest BCUT2D eigenvalue weighted by atomic mass is 10.1. The van der Waals surface area contributed by atoms with Gasteiger partial charge in [0, 0.05) is 0 Å². The molecule has 0 aliphatic heterocycles. The van der Waals surface area contributed by atoms with Crippen molar-refractivity contribution in [2.45, 2.75) is 39.0 Å². The summed E-state index contributed by atoms with van der Waals surface area (Å²) in [5, 5.41) is 2.18. The first-order valence-electron chi connectivity index (χ1n) is 6.77. The minimum absolute atomic E-state index is 0.0402. The second-order valence-electron chi connectivity index (χ2n) is 5.85. The molecule has 0 unspecified atom stereocenters. The molecule has 0 atom stereocenters. The Morgan fingerprint density at radius 1 is 1.23 bits per heavy atom. The van der Waals surface area contributed by atoms with Gasteiger partial charge in [0.15, 0.2) is 0 Å². The molecule has 0 saturated heterocycles. The van der Waals surface area contributed by atoms with E-state index in [2.05, 4.69) is 5.32 Å². The van der Waals surface area contributed by atoms with Crippen molar-refractivity contribution in [1.82, 2.24) is 5.32 Å². The second kappa shape index (κ2) is 7.09. The van der Waals surface area contributed by atoms with E-state index >= 15 is 0 Å². The van der Waals surface area contributed by atoms with E-state index in [1.807, 2.05) is 0 Å². The minimum Gasteiger partial charge on any atom is -0.456 e. The standard InChI is InChI=1S/C15H19F4NO2/c1-14(2,3)22-13(21)11-4-5-12(16)10(8-11)6-7-20-9-15(17,18)19/h4-5,8,20H,6-7,9H2,1-3H3. The molecule has 0 radical (unpaired) electrons. The van der Waals surface area contributed by atoms with Crippen molar-refractivity contribution >= 4 is 5.97 Å². The fourth-order valence-electron chi connectivity index (χ4n) is 1.68. The van der Waals surface area contributed by atoms with Crippen LogP contribution in [0, 0.1) is 5.82 Å². The van der Waals surface area contributed by atoms with Gasteiger partial charge in [-0.15, -0.1) is 0 Å². The van der Waals surface area contributed by atoms with Crippen LogP contribution in [0.15, 0.2) is 18.2 Å². The van der Waals surface area contributed by atoms with Gasteiger partial charge >= 0.3 is 12.1 Å². The summed E-state index contributed by atoms with van der Waals surface area (Å²) >= 11 is 0. The summed E-state index contributed by atoms with van der Waals surface area (Å²) in [4.78, 5) is 11.9. The second-order valence-corrected chi connectivity index (χ2v) is 5.85. The van der Waals surface area contributed by atoms with Crippen molar-refractivity contribution in [1.29, 1.82) is 0 Å². The van der Waals surface area contributed by atoms with Crippen LogP contribution in [0.4, 0.5) is 17.6 Å². The maximum Gasteiger partial charge on any atom is 0.401 e. The van der Waals surface area contributed by atoms with Crippen LogP contribution >= 0.6 is 0 Å². The highest BCUT2D eigenvalue weighted by Gasteiger charge is 2.26. The third kappa shape index (κ3) is 6.89. The van der Waals surface area contributed by atoms with Gasteiger partial charge in [-0.3, -0.25) is 0 Å². The van der Waals surface area contributed by atoms with Crippen LogP contribution < -0.4 is 5.32 Å². The number of carbonyl (C=O) groups excluding carboxylic acids is 1. The number of benzene rings is 1. The zero-order valence-corrected chi connectivity index (χ0v) is 12.7. The molecule has 0 amide bonds. The SMILES string of the molecule is CC(C)(C)OC(=O)c1ccc(F)c(CCNCC(F)(F)F)c1. The van der Waals surface area contributed by atoms with Gasteiger partial charge in [-0.05, 0) is 57.5 Å². The van der Waals surface area contributed by atoms with Gasteiger partial charge in [-0.2, -0.15) is 13.2 Å². The summed E-state index contributed by atoms with van der Waals surface area (Å²) in [6.07, 6.45) is -4.27. The molecule has 1 N–H and O–H groups in total. The van der Waals surface area contributed by atoms with Crippen LogP contribution in [0.5, 0.6) is 0 Å².